The van der Waals surface area contributed by atoms with Gasteiger partial charge in [-0.3, -0.25) is 4.79 Å². The predicted molar refractivity (Wildman–Crippen MR) is 139 cm³/mol. The summed E-state index contributed by atoms with van der Waals surface area (Å²) in [5.41, 5.74) is 0.780. The Labute approximate surface area is 237 Å². The Bertz CT molecular complexity index is 1630. The standard InChI is InChI=1S/C27H26F3N7O5/c1-14-12-35(7-6-16(14)23(38)36-8-9-37-20(13-36)33-34-26(37)27(28,29)30)22-17-10-15(24(39)41-2)4-5-19(17)32-21(18(22)11-31)25(40)42-3/h4-5,10,14,16H,6-9,12-13H2,1-3H3. The molecule has 3 aromatic rings. The number of pyridine rings is 1. The average molecular weight is 586 g/mol. The first-order chi connectivity index (χ1) is 20.0. The molecule has 0 N–H and O–H groups in total. The number of halogens is 3. The summed E-state index contributed by atoms with van der Waals surface area (Å²) >= 11 is 0. The largest absolute Gasteiger partial charge is 0.465 e. The Balaban J connectivity index is 1.44. The van der Waals surface area contributed by atoms with Crippen molar-refractivity contribution in [2.24, 2.45) is 11.8 Å². The summed E-state index contributed by atoms with van der Waals surface area (Å²) in [7, 11) is 2.43. The molecule has 0 aliphatic carbocycles. The molecule has 0 saturated carbocycles. The molecule has 1 fully saturated rings. The number of nitrogens with zero attached hydrogens (tertiary/aromatic N) is 7. The summed E-state index contributed by atoms with van der Waals surface area (Å²) in [6, 6.07) is 6.67. The number of carbonyl (C=O) groups is 3. The number of aromatic nitrogens is 4. The highest BCUT2D eigenvalue weighted by Crippen LogP contribution is 2.37. The second-order valence-corrected chi connectivity index (χ2v) is 10.2. The minimum Gasteiger partial charge on any atom is -0.465 e. The molecule has 2 aliphatic heterocycles. The van der Waals surface area contributed by atoms with Crippen LogP contribution in [-0.2, 0) is 33.5 Å². The molecule has 0 bridgehead atoms. The second-order valence-electron chi connectivity index (χ2n) is 10.2. The summed E-state index contributed by atoms with van der Waals surface area (Å²) in [6.45, 7) is 2.45. The molecule has 5 rings (SSSR count). The van der Waals surface area contributed by atoms with Crippen LogP contribution in [0.5, 0.6) is 0 Å². The van der Waals surface area contributed by atoms with E-state index in [9.17, 15) is 32.8 Å². The highest BCUT2D eigenvalue weighted by atomic mass is 19.4. The van der Waals surface area contributed by atoms with Crippen LogP contribution in [0.15, 0.2) is 18.2 Å². The molecule has 0 spiro atoms. The van der Waals surface area contributed by atoms with Crippen LogP contribution in [-0.4, -0.2) is 76.3 Å². The van der Waals surface area contributed by atoms with E-state index in [0.717, 1.165) is 4.57 Å². The lowest BCUT2D eigenvalue weighted by Gasteiger charge is -2.40. The number of anilines is 1. The van der Waals surface area contributed by atoms with E-state index < -0.39 is 29.9 Å². The summed E-state index contributed by atoms with van der Waals surface area (Å²) in [4.78, 5) is 46.1. The van der Waals surface area contributed by atoms with E-state index in [0.29, 0.717) is 36.1 Å². The number of hydrogen-bond acceptors (Lipinski definition) is 10. The Hall–Kier alpha value is -4.74. The number of alkyl halides is 3. The third-order valence-corrected chi connectivity index (χ3v) is 7.73. The lowest BCUT2D eigenvalue weighted by atomic mass is 9.84. The Kier molecular flexibility index (Phi) is 7.48. The zero-order valence-corrected chi connectivity index (χ0v) is 22.9. The maximum atomic E-state index is 13.5. The number of benzene rings is 1. The monoisotopic (exact) mass is 585 g/mol. The van der Waals surface area contributed by atoms with Crippen molar-refractivity contribution in [2.45, 2.75) is 32.6 Å². The van der Waals surface area contributed by atoms with Gasteiger partial charge in [-0.2, -0.15) is 18.4 Å². The fourth-order valence-electron chi connectivity index (χ4n) is 5.68. The van der Waals surface area contributed by atoms with E-state index in [4.69, 9.17) is 9.47 Å². The van der Waals surface area contributed by atoms with Crippen molar-refractivity contribution < 1.29 is 37.0 Å². The van der Waals surface area contributed by atoms with Gasteiger partial charge in [0.1, 0.15) is 11.6 Å². The molecule has 0 radical (unpaired) electrons. The fraction of sp³-hybridized carbons (Fsp3) is 0.444. The first-order valence-electron chi connectivity index (χ1n) is 13.1. The number of amides is 1. The number of fused-ring (bicyclic) bond motifs is 2. The number of ether oxygens (including phenoxy) is 2. The molecule has 1 aromatic carbocycles. The van der Waals surface area contributed by atoms with Gasteiger partial charge >= 0.3 is 18.1 Å². The van der Waals surface area contributed by atoms with Crippen molar-refractivity contribution in [2.75, 3.05) is 38.8 Å². The number of nitriles is 1. The van der Waals surface area contributed by atoms with Gasteiger partial charge in [-0.05, 0) is 30.5 Å². The van der Waals surface area contributed by atoms with Crippen LogP contribution in [0.1, 0.15) is 51.4 Å². The van der Waals surface area contributed by atoms with Crippen LogP contribution in [0.25, 0.3) is 10.9 Å². The van der Waals surface area contributed by atoms with Gasteiger partial charge in [-0.25, -0.2) is 14.6 Å². The molecule has 4 heterocycles. The van der Waals surface area contributed by atoms with Crippen molar-refractivity contribution in [1.29, 1.82) is 5.26 Å². The van der Waals surface area contributed by atoms with Gasteiger partial charge in [0.2, 0.25) is 11.7 Å². The summed E-state index contributed by atoms with van der Waals surface area (Å²) in [6.07, 6.45) is -4.26. The number of methoxy groups -OCH3 is 2. The third kappa shape index (κ3) is 4.97. The van der Waals surface area contributed by atoms with E-state index in [1.54, 1.807) is 12.1 Å². The fourth-order valence-corrected chi connectivity index (χ4v) is 5.68. The summed E-state index contributed by atoms with van der Waals surface area (Å²) in [5, 5.41) is 17.5. The van der Waals surface area contributed by atoms with Gasteiger partial charge in [-0.15, -0.1) is 10.2 Å². The molecule has 1 saturated heterocycles. The summed E-state index contributed by atoms with van der Waals surface area (Å²) in [5.74, 6) is -3.27. The molecule has 1 amide bonds. The van der Waals surface area contributed by atoms with Crippen LogP contribution in [0.4, 0.5) is 18.9 Å². The summed E-state index contributed by atoms with van der Waals surface area (Å²) < 4.78 is 50.4. The zero-order chi connectivity index (χ0) is 30.3. The van der Waals surface area contributed by atoms with Crippen molar-refractivity contribution in [3.05, 3.63) is 46.7 Å². The lowest BCUT2D eigenvalue weighted by molar-refractivity contribution is -0.148. The average Bonchev–Trinajstić information content (AvgIpc) is 3.42. The highest BCUT2D eigenvalue weighted by Gasteiger charge is 2.41. The molecule has 15 heteroatoms. The molecule has 2 aromatic heterocycles. The Morgan fingerprint density at radius 2 is 1.81 bits per heavy atom. The van der Waals surface area contributed by atoms with E-state index in [-0.39, 0.29) is 54.1 Å². The van der Waals surface area contributed by atoms with Crippen molar-refractivity contribution >= 4 is 34.4 Å². The van der Waals surface area contributed by atoms with Gasteiger partial charge in [0, 0.05) is 37.5 Å². The Morgan fingerprint density at radius 3 is 2.45 bits per heavy atom. The maximum absolute atomic E-state index is 13.5. The number of rotatable bonds is 4. The van der Waals surface area contributed by atoms with Crippen molar-refractivity contribution in [1.82, 2.24) is 24.6 Å². The minimum absolute atomic E-state index is 0.0239. The number of piperidine rings is 1. The topological polar surface area (TPSA) is 144 Å². The van der Waals surface area contributed by atoms with Gasteiger partial charge in [0.25, 0.3) is 0 Å². The normalized spacial score (nSPS) is 18.8. The smallest absolute Gasteiger partial charge is 0.451 e. The lowest BCUT2D eigenvalue weighted by Crippen LogP contribution is -2.49. The molecule has 2 atom stereocenters. The third-order valence-electron chi connectivity index (χ3n) is 7.73. The van der Waals surface area contributed by atoms with Crippen LogP contribution < -0.4 is 4.90 Å². The first kappa shape index (κ1) is 28.8. The van der Waals surface area contributed by atoms with Gasteiger partial charge in [0.15, 0.2) is 11.5 Å². The molecule has 220 valence electrons. The van der Waals surface area contributed by atoms with Crippen LogP contribution in [0.2, 0.25) is 0 Å². The van der Waals surface area contributed by atoms with Gasteiger partial charge < -0.3 is 23.8 Å². The first-order valence-corrected chi connectivity index (χ1v) is 13.1. The molecule has 42 heavy (non-hydrogen) atoms. The zero-order valence-electron chi connectivity index (χ0n) is 22.9. The van der Waals surface area contributed by atoms with Crippen molar-refractivity contribution in [3.8, 4) is 6.07 Å². The highest BCUT2D eigenvalue weighted by molar-refractivity contribution is 6.04. The number of hydrogen-bond donors (Lipinski definition) is 0. The predicted octanol–water partition coefficient (Wildman–Crippen LogP) is 2.79. The van der Waals surface area contributed by atoms with E-state index >= 15 is 0 Å². The molecular weight excluding hydrogens is 559 g/mol. The molecular formula is C27H26F3N7O5. The number of esters is 2. The minimum atomic E-state index is -4.64. The Morgan fingerprint density at radius 1 is 1.07 bits per heavy atom. The van der Waals surface area contributed by atoms with Crippen LogP contribution in [0, 0.1) is 23.2 Å². The van der Waals surface area contributed by atoms with Crippen molar-refractivity contribution in [3.63, 3.8) is 0 Å². The van der Waals surface area contributed by atoms with E-state index in [2.05, 4.69) is 21.3 Å². The second kappa shape index (κ2) is 10.9. The molecule has 2 unspecified atom stereocenters. The van der Waals surface area contributed by atoms with E-state index in [1.807, 2.05) is 11.8 Å². The quantitative estimate of drug-likeness (QED) is 0.419. The van der Waals surface area contributed by atoms with Crippen LogP contribution in [0.3, 0.4) is 0 Å². The molecule has 12 nitrogen and oxygen atoms in total. The van der Waals surface area contributed by atoms with Gasteiger partial charge in [0.05, 0.1) is 37.5 Å². The van der Waals surface area contributed by atoms with Gasteiger partial charge in [-0.1, -0.05) is 6.92 Å². The van der Waals surface area contributed by atoms with Crippen LogP contribution >= 0.6 is 0 Å². The SMILES string of the molecule is COC(=O)c1ccc2nc(C(=O)OC)c(C#N)c(N3CCC(C(=O)N4CCn5c(nnc5C(F)(F)F)C4)C(C)C3)c2c1. The molecule has 2 aliphatic rings. The van der Waals surface area contributed by atoms with E-state index in [1.165, 1.54) is 25.2 Å². The maximum Gasteiger partial charge on any atom is 0.451 e. The number of carbonyl (C=O) groups excluding carboxylic acids is 3.